The number of anilines is 1. The second kappa shape index (κ2) is 7.47. The van der Waals surface area contributed by atoms with Crippen molar-refractivity contribution in [3.63, 3.8) is 0 Å². The fourth-order valence-electron chi connectivity index (χ4n) is 2.73. The maximum Gasteiger partial charge on any atom is 0.344 e. The maximum atomic E-state index is 12.6. The highest BCUT2D eigenvalue weighted by Gasteiger charge is 2.30. The summed E-state index contributed by atoms with van der Waals surface area (Å²) in [6.45, 7) is 6.12. The fraction of sp³-hybridized carbons (Fsp3) is 0.500. The number of carbonyl (C=O) groups is 1. The predicted octanol–water partition coefficient (Wildman–Crippen LogP) is 3.54. The van der Waals surface area contributed by atoms with Gasteiger partial charge in [-0.15, -0.1) is 5.10 Å². The molecule has 0 bridgehead atoms. The number of aromatic nitrogens is 3. The molecule has 0 aliphatic heterocycles. The quantitative estimate of drug-likeness (QED) is 0.740. The molecule has 0 radical (unpaired) electrons. The number of aromatic amines is 1. The molecule has 1 aliphatic rings. The second-order valence-corrected chi connectivity index (χ2v) is 7.87. The SMILES string of the molecule is CCC(C)c1ccccc1NC(=O)C(C)Sc1n[nH]c(=O)n1C1CC1. The van der Waals surface area contributed by atoms with E-state index in [4.69, 9.17) is 0 Å². The van der Waals surface area contributed by atoms with E-state index < -0.39 is 0 Å². The summed E-state index contributed by atoms with van der Waals surface area (Å²) in [4.78, 5) is 24.5. The molecule has 2 aromatic rings. The van der Waals surface area contributed by atoms with E-state index in [0.717, 1.165) is 30.5 Å². The van der Waals surface area contributed by atoms with Gasteiger partial charge in [0.1, 0.15) is 0 Å². The van der Waals surface area contributed by atoms with Crippen LogP contribution in [0.4, 0.5) is 5.69 Å². The minimum Gasteiger partial charge on any atom is -0.325 e. The van der Waals surface area contributed by atoms with Gasteiger partial charge in [0.05, 0.1) is 5.25 Å². The average molecular weight is 360 g/mol. The first-order valence-electron chi connectivity index (χ1n) is 8.74. The number of para-hydroxylation sites is 1. The molecule has 1 fully saturated rings. The van der Waals surface area contributed by atoms with Crippen LogP contribution in [-0.4, -0.2) is 25.9 Å². The molecule has 1 aromatic carbocycles. The van der Waals surface area contributed by atoms with E-state index >= 15 is 0 Å². The molecule has 0 spiro atoms. The highest BCUT2D eigenvalue weighted by Crippen LogP contribution is 2.37. The van der Waals surface area contributed by atoms with Gasteiger partial charge in [-0.1, -0.05) is 43.8 Å². The van der Waals surface area contributed by atoms with Gasteiger partial charge in [-0.3, -0.25) is 9.36 Å². The highest BCUT2D eigenvalue weighted by atomic mass is 32.2. The molecule has 0 saturated heterocycles. The van der Waals surface area contributed by atoms with Crippen LogP contribution in [0.2, 0.25) is 0 Å². The van der Waals surface area contributed by atoms with E-state index in [1.165, 1.54) is 11.8 Å². The lowest BCUT2D eigenvalue weighted by atomic mass is 9.97. The van der Waals surface area contributed by atoms with Crippen LogP contribution in [0.25, 0.3) is 0 Å². The molecule has 7 heteroatoms. The van der Waals surface area contributed by atoms with Crippen molar-refractivity contribution in [2.45, 2.75) is 62.4 Å². The highest BCUT2D eigenvalue weighted by molar-refractivity contribution is 8.00. The minimum atomic E-state index is -0.349. The Bertz CT molecular complexity index is 809. The third kappa shape index (κ3) is 3.98. The summed E-state index contributed by atoms with van der Waals surface area (Å²) >= 11 is 1.32. The molecule has 1 saturated carbocycles. The fourth-order valence-corrected chi connectivity index (χ4v) is 3.66. The summed E-state index contributed by atoms with van der Waals surface area (Å²) in [7, 11) is 0. The summed E-state index contributed by atoms with van der Waals surface area (Å²) in [6, 6.07) is 8.14. The molecular formula is C18H24N4O2S. The van der Waals surface area contributed by atoms with E-state index in [-0.39, 0.29) is 22.9 Å². The zero-order valence-corrected chi connectivity index (χ0v) is 15.6. The topological polar surface area (TPSA) is 79.8 Å². The lowest BCUT2D eigenvalue weighted by Gasteiger charge is -2.17. The van der Waals surface area contributed by atoms with Crippen LogP contribution in [0.15, 0.2) is 34.2 Å². The van der Waals surface area contributed by atoms with Crippen LogP contribution in [-0.2, 0) is 4.79 Å². The number of hydrogen-bond donors (Lipinski definition) is 2. The first kappa shape index (κ1) is 17.8. The van der Waals surface area contributed by atoms with Crippen molar-refractivity contribution in [1.29, 1.82) is 0 Å². The van der Waals surface area contributed by atoms with Gasteiger partial charge in [0.25, 0.3) is 0 Å². The van der Waals surface area contributed by atoms with Crippen LogP contribution in [0, 0.1) is 0 Å². The van der Waals surface area contributed by atoms with Gasteiger partial charge in [0.2, 0.25) is 5.91 Å². The number of benzene rings is 1. The monoisotopic (exact) mass is 360 g/mol. The van der Waals surface area contributed by atoms with Crippen molar-refractivity contribution >= 4 is 23.4 Å². The van der Waals surface area contributed by atoms with E-state index in [1.54, 1.807) is 4.57 Å². The summed E-state index contributed by atoms with van der Waals surface area (Å²) in [5.74, 6) is 0.296. The Kier molecular flexibility index (Phi) is 5.32. The van der Waals surface area contributed by atoms with Crippen molar-refractivity contribution in [2.24, 2.45) is 0 Å². The zero-order valence-electron chi connectivity index (χ0n) is 14.8. The lowest BCUT2D eigenvalue weighted by Crippen LogP contribution is -2.24. The molecule has 2 unspecified atom stereocenters. The van der Waals surface area contributed by atoms with Crippen molar-refractivity contribution < 1.29 is 4.79 Å². The van der Waals surface area contributed by atoms with E-state index in [0.29, 0.717) is 11.1 Å². The van der Waals surface area contributed by atoms with Crippen molar-refractivity contribution in [3.05, 3.63) is 40.3 Å². The van der Waals surface area contributed by atoms with Crippen LogP contribution in [0.1, 0.15) is 57.6 Å². The first-order chi connectivity index (χ1) is 12.0. The van der Waals surface area contributed by atoms with Gasteiger partial charge in [-0.2, -0.15) is 0 Å². The predicted molar refractivity (Wildman–Crippen MR) is 100 cm³/mol. The first-order valence-corrected chi connectivity index (χ1v) is 9.62. The Labute approximate surface area is 151 Å². The minimum absolute atomic E-state index is 0.0847. The molecule has 1 heterocycles. The van der Waals surface area contributed by atoms with Crippen LogP contribution >= 0.6 is 11.8 Å². The standard InChI is InChI=1S/C18H24N4O2S/c1-4-11(2)14-7-5-6-8-15(14)19-16(23)12(3)25-18-21-20-17(24)22(18)13-9-10-13/h5-8,11-13H,4,9-10H2,1-3H3,(H,19,23)(H,20,24). The Morgan fingerprint density at radius 1 is 1.40 bits per heavy atom. The van der Waals surface area contributed by atoms with Gasteiger partial charge in [0, 0.05) is 11.7 Å². The van der Waals surface area contributed by atoms with Crippen LogP contribution < -0.4 is 11.0 Å². The molecular weight excluding hydrogens is 336 g/mol. The second-order valence-electron chi connectivity index (χ2n) is 6.56. The molecule has 1 amide bonds. The number of H-pyrrole nitrogens is 1. The number of rotatable bonds is 7. The van der Waals surface area contributed by atoms with Gasteiger partial charge >= 0.3 is 5.69 Å². The number of hydrogen-bond acceptors (Lipinski definition) is 4. The van der Waals surface area contributed by atoms with Crippen LogP contribution in [0.5, 0.6) is 0 Å². The van der Waals surface area contributed by atoms with E-state index in [9.17, 15) is 9.59 Å². The molecule has 25 heavy (non-hydrogen) atoms. The molecule has 6 nitrogen and oxygen atoms in total. The number of carbonyl (C=O) groups excluding carboxylic acids is 1. The number of amides is 1. The van der Waals surface area contributed by atoms with Gasteiger partial charge in [-0.25, -0.2) is 9.89 Å². The molecule has 134 valence electrons. The van der Waals surface area contributed by atoms with Crippen molar-refractivity contribution in [3.8, 4) is 0 Å². The zero-order chi connectivity index (χ0) is 18.0. The lowest BCUT2D eigenvalue weighted by molar-refractivity contribution is -0.115. The molecule has 2 atom stereocenters. The summed E-state index contributed by atoms with van der Waals surface area (Å²) < 4.78 is 1.67. The van der Waals surface area contributed by atoms with E-state index in [1.807, 2.05) is 25.1 Å². The van der Waals surface area contributed by atoms with Crippen molar-refractivity contribution in [2.75, 3.05) is 5.32 Å². The van der Waals surface area contributed by atoms with Gasteiger partial charge in [0.15, 0.2) is 5.16 Å². The van der Waals surface area contributed by atoms with Crippen molar-refractivity contribution in [1.82, 2.24) is 14.8 Å². The van der Waals surface area contributed by atoms with Gasteiger partial charge in [-0.05, 0) is 43.7 Å². The maximum absolute atomic E-state index is 12.6. The molecule has 1 aliphatic carbocycles. The Balaban J connectivity index is 1.71. The van der Waals surface area contributed by atoms with Gasteiger partial charge < -0.3 is 5.32 Å². The van der Waals surface area contributed by atoms with E-state index in [2.05, 4.69) is 35.4 Å². The summed E-state index contributed by atoms with van der Waals surface area (Å²) in [6.07, 6.45) is 3.00. The Morgan fingerprint density at radius 2 is 2.12 bits per heavy atom. The molecule has 3 rings (SSSR count). The number of nitrogens with zero attached hydrogens (tertiary/aromatic N) is 2. The smallest absolute Gasteiger partial charge is 0.325 e. The average Bonchev–Trinajstić information content (AvgIpc) is 3.38. The Hall–Kier alpha value is -2.02. The summed E-state index contributed by atoms with van der Waals surface area (Å²) in [5.41, 5.74) is 1.81. The number of thioether (sulfide) groups is 1. The Morgan fingerprint density at radius 3 is 2.80 bits per heavy atom. The number of nitrogens with one attached hydrogen (secondary N) is 2. The largest absolute Gasteiger partial charge is 0.344 e. The third-order valence-electron chi connectivity index (χ3n) is 4.60. The third-order valence-corrected chi connectivity index (χ3v) is 5.66. The van der Waals surface area contributed by atoms with Crippen LogP contribution in [0.3, 0.4) is 0 Å². The molecule has 1 aromatic heterocycles. The summed E-state index contributed by atoms with van der Waals surface area (Å²) in [5, 5.41) is 9.83. The normalized spacial score (nSPS) is 16.4. The molecule has 2 N–H and O–H groups in total.